The summed E-state index contributed by atoms with van der Waals surface area (Å²) >= 11 is 3.00. The summed E-state index contributed by atoms with van der Waals surface area (Å²) in [5, 5.41) is 12.9. The molecule has 2 nitrogen and oxygen atoms in total. The molecule has 0 radical (unpaired) electrons. The minimum absolute atomic E-state index is 0.0475. The Kier molecular flexibility index (Phi) is 3.44. The van der Waals surface area contributed by atoms with Gasteiger partial charge in [-0.3, -0.25) is 0 Å². The number of phenolic OH excluding ortho intramolecular Hbond substituents is 1. The van der Waals surface area contributed by atoms with Crippen molar-refractivity contribution in [1.29, 1.82) is 0 Å². The Morgan fingerprint density at radius 1 is 1.50 bits per heavy atom. The lowest BCUT2D eigenvalue weighted by molar-refractivity contribution is 0.430. The summed E-state index contributed by atoms with van der Waals surface area (Å²) in [5.41, 5.74) is 0.0475. The molecule has 1 heterocycles. The van der Waals surface area contributed by atoms with Gasteiger partial charge in [0.05, 0.1) is 4.47 Å². The second kappa shape index (κ2) is 4.67. The summed E-state index contributed by atoms with van der Waals surface area (Å²) < 4.78 is 26.9. The van der Waals surface area contributed by atoms with Crippen LogP contribution in [0.25, 0.3) is 0 Å². The molecule has 0 aromatic heterocycles. The maximum Gasteiger partial charge on any atom is 0.165 e. The minimum Gasteiger partial charge on any atom is -0.506 e. The summed E-state index contributed by atoms with van der Waals surface area (Å²) in [7, 11) is 0. The molecule has 1 aliphatic heterocycles. The molecule has 2 rings (SSSR count). The summed E-state index contributed by atoms with van der Waals surface area (Å²) in [6.07, 6.45) is 2.27. The molecule has 0 spiro atoms. The van der Waals surface area contributed by atoms with E-state index in [4.69, 9.17) is 0 Å². The smallest absolute Gasteiger partial charge is 0.165 e. The molecule has 1 unspecified atom stereocenters. The van der Waals surface area contributed by atoms with Crippen molar-refractivity contribution in [1.82, 2.24) is 5.32 Å². The van der Waals surface area contributed by atoms with E-state index >= 15 is 0 Å². The molecule has 0 amide bonds. The third-order valence-corrected chi connectivity index (χ3v) is 3.46. The van der Waals surface area contributed by atoms with Crippen molar-refractivity contribution in [2.45, 2.75) is 25.3 Å². The van der Waals surface area contributed by atoms with Crippen LogP contribution in [0.5, 0.6) is 5.75 Å². The SMILES string of the molecule is Oc1c(Br)cc(F)c(F)c1CC1CCCN1. The van der Waals surface area contributed by atoms with Gasteiger partial charge in [-0.1, -0.05) is 0 Å². The van der Waals surface area contributed by atoms with Gasteiger partial charge in [0, 0.05) is 11.6 Å². The zero-order chi connectivity index (χ0) is 11.7. The summed E-state index contributed by atoms with van der Waals surface area (Å²) in [6, 6.07) is 1.06. The molecule has 0 bridgehead atoms. The van der Waals surface area contributed by atoms with E-state index in [9.17, 15) is 13.9 Å². The van der Waals surface area contributed by atoms with Crippen molar-refractivity contribution in [3.05, 3.63) is 27.7 Å². The van der Waals surface area contributed by atoms with Crippen molar-refractivity contribution in [3.8, 4) is 5.75 Å². The van der Waals surface area contributed by atoms with Gasteiger partial charge in [0.1, 0.15) is 5.75 Å². The zero-order valence-electron chi connectivity index (χ0n) is 8.56. The molecule has 1 aromatic carbocycles. The van der Waals surface area contributed by atoms with Gasteiger partial charge in [-0.25, -0.2) is 8.78 Å². The second-order valence-electron chi connectivity index (χ2n) is 3.98. The maximum absolute atomic E-state index is 13.5. The van der Waals surface area contributed by atoms with Crippen LogP contribution in [0, 0.1) is 11.6 Å². The highest BCUT2D eigenvalue weighted by Gasteiger charge is 2.22. The molecule has 16 heavy (non-hydrogen) atoms. The van der Waals surface area contributed by atoms with Crippen molar-refractivity contribution >= 4 is 15.9 Å². The van der Waals surface area contributed by atoms with Gasteiger partial charge in [0.2, 0.25) is 0 Å². The maximum atomic E-state index is 13.5. The molecule has 1 fully saturated rings. The van der Waals surface area contributed by atoms with Gasteiger partial charge < -0.3 is 10.4 Å². The van der Waals surface area contributed by atoms with Crippen LogP contribution in [0.15, 0.2) is 10.5 Å². The predicted octanol–water partition coefficient (Wildman–Crippen LogP) is 2.73. The molecule has 2 N–H and O–H groups in total. The largest absolute Gasteiger partial charge is 0.506 e. The highest BCUT2D eigenvalue weighted by Crippen LogP contribution is 2.33. The van der Waals surface area contributed by atoms with Crippen LogP contribution in [-0.2, 0) is 6.42 Å². The molecule has 0 saturated carbocycles. The van der Waals surface area contributed by atoms with E-state index in [1.807, 2.05) is 0 Å². The minimum atomic E-state index is -0.950. The van der Waals surface area contributed by atoms with E-state index < -0.39 is 11.6 Å². The molecular weight excluding hydrogens is 280 g/mol. The van der Waals surface area contributed by atoms with Gasteiger partial charge in [-0.15, -0.1) is 0 Å². The van der Waals surface area contributed by atoms with Crippen LogP contribution in [0.3, 0.4) is 0 Å². The Morgan fingerprint density at radius 2 is 2.25 bits per heavy atom. The summed E-state index contributed by atoms with van der Waals surface area (Å²) in [4.78, 5) is 0. The Morgan fingerprint density at radius 3 is 2.88 bits per heavy atom. The van der Waals surface area contributed by atoms with Gasteiger partial charge in [-0.05, 0) is 47.8 Å². The lowest BCUT2D eigenvalue weighted by Crippen LogP contribution is -2.24. The van der Waals surface area contributed by atoms with E-state index in [0.29, 0.717) is 6.42 Å². The van der Waals surface area contributed by atoms with Crippen LogP contribution in [0.4, 0.5) is 8.78 Å². The molecule has 88 valence electrons. The third-order valence-electron chi connectivity index (χ3n) is 2.85. The van der Waals surface area contributed by atoms with Gasteiger partial charge >= 0.3 is 0 Å². The topological polar surface area (TPSA) is 32.3 Å². The number of aromatic hydroxyl groups is 1. The first-order chi connectivity index (χ1) is 7.59. The van der Waals surface area contributed by atoms with Gasteiger partial charge in [0.25, 0.3) is 0 Å². The fourth-order valence-electron chi connectivity index (χ4n) is 2.00. The molecular formula is C11H12BrF2NO. The Labute approximate surface area is 101 Å². The lowest BCUT2D eigenvalue weighted by Gasteiger charge is -2.13. The predicted molar refractivity (Wildman–Crippen MR) is 60.5 cm³/mol. The number of phenols is 1. The van der Waals surface area contributed by atoms with Crippen LogP contribution >= 0.6 is 15.9 Å². The fraction of sp³-hybridized carbons (Fsp3) is 0.455. The third kappa shape index (κ3) is 2.20. The van der Waals surface area contributed by atoms with E-state index in [-0.39, 0.29) is 21.8 Å². The fourth-order valence-corrected chi connectivity index (χ4v) is 2.44. The Balaban J connectivity index is 2.31. The number of halogens is 3. The van der Waals surface area contributed by atoms with Crippen LogP contribution < -0.4 is 5.32 Å². The monoisotopic (exact) mass is 291 g/mol. The second-order valence-corrected chi connectivity index (χ2v) is 4.83. The first-order valence-corrected chi connectivity index (χ1v) is 5.97. The van der Waals surface area contributed by atoms with E-state index in [0.717, 1.165) is 25.5 Å². The lowest BCUT2D eigenvalue weighted by atomic mass is 10.0. The molecule has 5 heteroatoms. The van der Waals surface area contributed by atoms with Gasteiger partial charge in [-0.2, -0.15) is 0 Å². The van der Waals surface area contributed by atoms with Crippen LogP contribution in [-0.4, -0.2) is 17.7 Å². The molecule has 0 aliphatic carbocycles. The standard InChI is InChI=1S/C11H12BrF2NO/c12-8-5-9(13)10(14)7(11(8)16)4-6-2-1-3-15-6/h5-6,15-16H,1-4H2. The first-order valence-electron chi connectivity index (χ1n) is 5.18. The molecule has 1 aromatic rings. The van der Waals surface area contributed by atoms with Crippen molar-refractivity contribution in [2.75, 3.05) is 6.54 Å². The average Bonchev–Trinajstić information content (AvgIpc) is 2.74. The van der Waals surface area contributed by atoms with Crippen molar-refractivity contribution in [2.24, 2.45) is 0 Å². The number of hydrogen-bond donors (Lipinski definition) is 2. The molecule has 1 atom stereocenters. The van der Waals surface area contributed by atoms with Crippen LogP contribution in [0.2, 0.25) is 0 Å². The van der Waals surface area contributed by atoms with Crippen LogP contribution in [0.1, 0.15) is 18.4 Å². The number of nitrogens with one attached hydrogen (secondary N) is 1. The molecule has 1 aliphatic rings. The average molecular weight is 292 g/mol. The summed E-state index contributed by atoms with van der Waals surface area (Å²) in [5.74, 6) is -2.08. The number of benzene rings is 1. The highest BCUT2D eigenvalue weighted by atomic mass is 79.9. The first kappa shape index (κ1) is 11.8. The van der Waals surface area contributed by atoms with E-state index in [1.165, 1.54) is 0 Å². The normalized spacial score (nSPS) is 20.3. The Bertz CT molecular complexity index is 379. The highest BCUT2D eigenvalue weighted by molar-refractivity contribution is 9.10. The number of rotatable bonds is 2. The Hall–Kier alpha value is -0.680. The zero-order valence-corrected chi connectivity index (χ0v) is 10.2. The van der Waals surface area contributed by atoms with E-state index in [1.54, 1.807) is 0 Å². The van der Waals surface area contributed by atoms with E-state index in [2.05, 4.69) is 21.2 Å². The van der Waals surface area contributed by atoms with Crippen molar-refractivity contribution in [3.63, 3.8) is 0 Å². The summed E-state index contributed by atoms with van der Waals surface area (Å²) in [6.45, 7) is 0.892. The van der Waals surface area contributed by atoms with Gasteiger partial charge in [0.15, 0.2) is 11.6 Å². The molecule has 1 saturated heterocycles. The quantitative estimate of drug-likeness (QED) is 0.821. The van der Waals surface area contributed by atoms with Crippen molar-refractivity contribution < 1.29 is 13.9 Å². The number of hydrogen-bond acceptors (Lipinski definition) is 2.